The highest BCUT2D eigenvalue weighted by Gasteiger charge is 2.35. The molecule has 1 rings (SSSR count). The van der Waals surface area contributed by atoms with Gasteiger partial charge in [0, 0.05) is 17.7 Å². The first kappa shape index (κ1) is 18.4. The van der Waals surface area contributed by atoms with E-state index >= 15 is 0 Å². The molecule has 3 nitrogen and oxygen atoms in total. The third-order valence-corrected chi connectivity index (χ3v) is 2.76. The van der Waals surface area contributed by atoms with Crippen LogP contribution < -0.4 is 14.8 Å². The normalized spacial score (nSPS) is 14.1. The Labute approximate surface area is 123 Å². The van der Waals surface area contributed by atoms with E-state index in [9.17, 15) is 26.3 Å². The fourth-order valence-electron chi connectivity index (χ4n) is 2.03. The molecular weight excluding hydrogens is 316 g/mol. The van der Waals surface area contributed by atoms with Crippen molar-refractivity contribution in [2.75, 3.05) is 7.05 Å². The van der Waals surface area contributed by atoms with Crippen molar-refractivity contribution >= 4 is 0 Å². The highest BCUT2D eigenvalue weighted by molar-refractivity contribution is 5.43. The quantitative estimate of drug-likeness (QED) is 0.811. The number of halogens is 6. The van der Waals surface area contributed by atoms with Gasteiger partial charge in [-0.25, -0.2) is 0 Å². The molecule has 1 N–H and O–H groups in total. The summed E-state index contributed by atoms with van der Waals surface area (Å²) in [5.41, 5.74) is 0.0874. The zero-order valence-corrected chi connectivity index (χ0v) is 12.0. The average Bonchev–Trinajstić information content (AvgIpc) is 2.28. The lowest BCUT2D eigenvalue weighted by Crippen LogP contribution is -2.25. The van der Waals surface area contributed by atoms with Crippen molar-refractivity contribution in [3.05, 3.63) is 23.8 Å². The van der Waals surface area contributed by atoms with E-state index in [-0.39, 0.29) is 11.5 Å². The van der Waals surface area contributed by atoms with Gasteiger partial charge in [-0.05, 0) is 19.0 Å². The second-order valence-electron chi connectivity index (χ2n) is 4.81. The van der Waals surface area contributed by atoms with E-state index < -0.39 is 30.3 Å². The lowest BCUT2D eigenvalue weighted by molar-refractivity contribution is -0.276. The molecule has 22 heavy (non-hydrogen) atoms. The fourth-order valence-corrected chi connectivity index (χ4v) is 2.03. The van der Waals surface area contributed by atoms with E-state index in [4.69, 9.17) is 0 Å². The average molecular weight is 331 g/mol. The minimum Gasteiger partial charge on any atom is -0.406 e. The summed E-state index contributed by atoms with van der Waals surface area (Å²) < 4.78 is 81.3. The van der Waals surface area contributed by atoms with Crippen LogP contribution in [-0.2, 0) is 0 Å². The summed E-state index contributed by atoms with van der Waals surface area (Å²) in [5.74, 6) is -1.63. The van der Waals surface area contributed by atoms with Crippen LogP contribution in [0.1, 0.15) is 25.5 Å². The Morgan fingerprint density at radius 3 is 1.91 bits per heavy atom. The predicted octanol–water partition coefficient (Wildman–Crippen LogP) is 4.40. The minimum atomic E-state index is -5.03. The third kappa shape index (κ3) is 5.63. The molecular formula is C13H15F6NO2. The molecule has 0 bridgehead atoms. The Morgan fingerprint density at radius 2 is 1.50 bits per heavy atom. The van der Waals surface area contributed by atoms with Crippen molar-refractivity contribution in [2.24, 2.45) is 5.92 Å². The smallest absolute Gasteiger partial charge is 0.406 e. The molecule has 1 aromatic rings. The molecule has 9 heteroatoms. The zero-order chi connectivity index (χ0) is 17.1. The molecule has 0 aliphatic carbocycles. The largest absolute Gasteiger partial charge is 0.573 e. The van der Waals surface area contributed by atoms with Gasteiger partial charge >= 0.3 is 12.7 Å². The first-order valence-corrected chi connectivity index (χ1v) is 6.25. The second-order valence-corrected chi connectivity index (χ2v) is 4.81. The van der Waals surface area contributed by atoms with Crippen molar-refractivity contribution in [3.8, 4) is 11.5 Å². The monoisotopic (exact) mass is 331 g/mol. The number of alkyl halides is 6. The van der Waals surface area contributed by atoms with Gasteiger partial charge in [-0.3, -0.25) is 0 Å². The first-order valence-electron chi connectivity index (χ1n) is 6.25. The molecule has 126 valence electrons. The Hall–Kier alpha value is -1.64. The lowest BCUT2D eigenvalue weighted by Gasteiger charge is -2.24. The van der Waals surface area contributed by atoms with Crippen LogP contribution in [0.4, 0.5) is 26.3 Å². The predicted molar refractivity (Wildman–Crippen MR) is 66.4 cm³/mol. The number of hydrogen-bond donors (Lipinski definition) is 1. The summed E-state index contributed by atoms with van der Waals surface area (Å²) in [6.45, 7) is 3.50. The van der Waals surface area contributed by atoms with Crippen molar-refractivity contribution in [1.29, 1.82) is 0 Å². The molecule has 0 radical (unpaired) electrons. The van der Waals surface area contributed by atoms with Crippen molar-refractivity contribution < 1.29 is 35.8 Å². The van der Waals surface area contributed by atoms with Crippen LogP contribution >= 0.6 is 0 Å². The molecule has 0 fully saturated rings. The molecule has 1 atom stereocenters. The van der Waals surface area contributed by atoms with Crippen LogP contribution in [0.5, 0.6) is 11.5 Å². The highest BCUT2D eigenvalue weighted by atomic mass is 19.4. The summed E-state index contributed by atoms with van der Waals surface area (Å²) >= 11 is 0. The Balaban J connectivity index is 3.26. The Morgan fingerprint density at radius 1 is 0.955 bits per heavy atom. The summed E-state index contributed by atoms with van der Waals surface area (Å²) in [5, 5.41) is 2.80. The minimum absolute atomic E-state index is 0.0874. The highest BCUT2D eigenvalue weighted by Crippen LogP contribution is 2.37. The second kappa shape index (κ2) is 6.64. The van der Waals surface area contributed by atoms with E-state index in [1.54, 1.807) is 13.8 Å². The number of benzene rings is 1. The van der Waals surface area contributed by atoms with Crippen molar-refractivity contribution in [3.63, 3.8) is 0 Å². The number of ether oxygens (including phenoxy) is 2. The van der Waals surface area contributed by atoms with Crippen molar-refractivity contribution in [1.82, 2.24) is 5.32 Å². The van der Waals surface area contributed by atoms with Gasteiger partial charge in [0.05, 0.1) is 0 Å². The van der Waals surface area contributed by atoms with E-state index in [0.29, 0.717) is 6.07 Å². The van der Waals surface area contributed by atoms with Crippen LogP contribution in [0.3, 0.4) is 0 Å². The van der Waals surface area contributed by atoms with E-state index in [1.807, 2.05) is 0 Å². The molecule has 0 heterocycles. The van der Waals surface area contributed by atoms with Gasteiger partial charge in [0.25, 0.3) is 0 Å². The molecule has 0 aliphatic heterocycles. The first-order chi connectivity index (χ1) is 9.93. The summed E-state index contributed by atoms with van der Waals surface area (Å²) in [4.78, 5) is 0. The van der Waals surface area contributed by atoms with Crippen LogP contribution in [0, 0.1) is 5.92 Å². The molecule has 0 saturated carbocycles. The van der Waals surface area contributed by atoms with Crippen LogP contribution in [0.25, 0.3) is 0 Å². The molecule has 0 aliphatic rings. The fraction of sp³-hybridized carbons (Fsp3) is 0.538. The molecule has 1 aromatic carbocycles. The van der Waals surface area contributed by atoms with E-state index in [0.717, 1.165) is 12.1 Å². The number of nitrogens with one attached hydrogen (secondary N) is 1. The van der Waals surface area contributed by atoms with Gasteiger partial charge in [-0.1, -0.05) is 19.9 Å². The van der Waals surface area contributed by atoms with Crippen LogP contribution in [0.2, 0.25) is 0 Å². The van der Waals surface area contributed by atoms with E-state index in [2.05, 4.69) is 14.8 Å². The van der Waals surface area contributed by atoms with Gasteiger partial charge in [0.1, 0.15) is 11.5 Å². The third-order valence-electron chi connectivity index (χ3n) is 2.76. The van der Waals surface area contributed by atoms with Gasteiger partial charge in [-0.2, -0.15) is 0 Å². The molecule has 0 saturated heterocycles. The molecule has 1 unspecified atom stereocenters. The Kier molecular flexibility index (Phi) is 5.55. The zero-order valence-electron chi connectivity index (χ0n) is 12.0. The standard InChI is InChI=1S/C13H15F6NO2/c1-7(2)11(20-3)9-5-4-8(21-12(14,15)16)6-10(9)22-13(17,18)19/h4-7,11,20H,1-3H3. The maximum absolute atomic E-state index is 12.5. The van der Waals surface area contributed by atoms with Gasteiger partial charge in [0.15, 0.2) is 0 Å². The molecule has 0 aromatic heterocycles. The van der Waals surface area contributed by atoms with Gasteiger partial charge in [-0.15, -0.1) is 26.3 Å². The SMILES string of the molecule is CNC(c1ccc(OC(F)(F)F)cc1OC(F)(F)F)C(C)C. The van der Waals surface area contributed by atoms with Crippen molar-refractivity contribution in [2.45, 2.75) is 32.6 Å². The maximum Gasteiger partial charge on any atom is 0.573 e. The summed E-state index contributed by atoms with van der Waals surface area (Å²) in [7, 11) is 1.53. The Bertz CT molecular complexity index is 498. The van der Waals surface area contributed by atoms with Crippen LogP contribution in [-0.4, -0.2) is 19.8 Å². The van der Waals surface area contributed by atoms with E-state index in [1.165, 1.54) is 7.05 Å². The van der Waals surface area contributed by atoms with Gasteiger partial charge < -0.3 is 14.8 Å². The summed E-state index contributed by atoms with van der Waals surface area (Å²) in [6, 6.07) is 2.10. The maximum atomic E-state index is 12.5. The topological polar surface area (TPSA) is 30.5 Å². The lowest BCUT2D eigenvalue weighted by atomic mass is 9.95. The number of hydrogen-bond acceptors (Lipinski definition) is 3. The summed E-state index contributed by atoms with van der Waals surface area (Å²) in [6.07, 6.45) is -10.0. The van der Waals surface area contributed by atoms with Gasteiger partial charge in [0.2, 0.25) is 0 Å². The number of rotatable bonds is 5. The molecule has 0 spiro atoms. The molecule has 0 amide bonds. The van der Waals surface area contributed by atoms with Crippen LogP contribution in [0.15, 0.2) is 18.2 Å².